The minimum absolute atomic E-state index is 0.292. The minimum atomic E-state index is 0.292. The average Bonchev–Trinajstić information content (AvgIpc) is 2.48. The second-order valence-electron chi connectivity index (χ2n) is 7.24. The van der Waals surface area contributed by atoms with Crippen LogP contribution in [0.2, 0.25) is 0 Å². The molecule has 2 saturated heterocycles. The normalized spacial score (nSPS) is 23.0. The van der Waals surface area contributed by atoms with Gasteiger partial charge in [-0.15, -0.1) is 0 Å². The van der Waals surface area contributed by atoms with Crippen molar-refractivity contribution in [3.8, 4) is 0 Å². The fourth-order valence-electron chi connectivity index (χ4n) is 3.53. The molecule has 0 spiro atoms. The van der Waals surface area contributed by atoms with Crippen LogP contribution < -0.4 is 5.32 Å². The van der Waals surface area contributed by atoms with Crippen molar-refractivity contribution >= 4 is 5.91 Å². The molecule has 0 aliphatic carbocycles. The van der Waals surface area contributed by atoms with Crippen molar-refractivity contribution in [2.75, 3.05) is 39.8 Å². The van der Waals surface area contributed by atoms with E-state index < -0.39 is 0 Å². The van der Waals surface area contributed by atoms with E-state index in [9.17, 15) is 4.79 Å². The summed E-state index contributed by atoms with van der Waals surface area (Å²) in [6.07, 6.45) is 5.74. The van der Waals surface area contributed by atoms with E-state index >= 15 is 0 Å². The maximum atomic E-state index is 12.6. The predicted octanol–water partition coefficient (Wildman–Crippen LogP) is 1.95. The highest BCUT2D eigenvalue weighted by Gasteiger charge is 2.29. The molecule has 122 valence electrons. The quantitative estimate of drug-likeness (QED) is 0.842. The first kappa shape index (κ1) is 16.8. The zero-order chi connectivity index (χ0) is 15.2. The molecule has 0 saturated carbocycles. The molecule has 0 aromatic heterocycles. The van der Waals surface area contributed by atoms with Crippen LogP contribution in [0.1, 0.15) is 46.0 Å². The Balaban J connectivity index is 1.67. The number of amides is 1. The minimum Gasteiger partial charge on any atom is -0.342 e. The summed E-state index contributed by atoms with van der Waals surface area (Å²) < 4.78 is 0. The Labute approximate surface area is 130 Å². The maximum absolute atomic E-state index is 12.6. The van der Waals surface area contributed by atoms with Crippen molar-refractivity contribution in [1.29, 1.82) is 0 Å². The third-order valence-electron chi connectivity index (χ3n) is 5.10. The molecule has 2 rings (SSSR count). The molecule has 1 N–H and O–H groups in total. The molecule has 1 amide bonds. The Morgan fingerprint density at radius 2 is 1.71 bits per heavy atom. The van der Waals surface area contributed by atoms with Gasteiger partial charge in [-0.1, -0.05) is 13.8 Å². The number of hydrogen-bond acceptors (Lipinski definition) is 3. The molecule has 0 unspecified atom stereocenters. The third-order valence-corrected chi connectivity index (χ3v) is 5.10. The van der Waals surface area contributed by atoms with E-state index in [0.29, 0.717) is 17.9 Å². The molecule has 2 aliphatic rings. The summed E-state index contributed by atoms with van der Waals surface area (Å²) in [5, 5.41) is 3.50. The molecule has 2 heterocycles. The number of rotatable bonds is 5. The molecule has 0 aromatic rings. The van der Waals surface area contributed by atoms with E-state index in [4.69, 9.17) is 0 Å². The highest BCUT2D eigenvalue weighted by Crippen LogP contribution is 2.24. The van der Waals surface area contributed by atoms with Gasteiger partial charge in [0.2, 0.25) is 5.91 Å². The second-order valence-corrected chi connectivity index (χ2v) is 7.24. The van der Waals surface area contributed by atoms with Crippen molar-refractivity contribution < 1.29 is 4.79 Å². The van der Waals surface area contributed by atoms with Crippen molar-refractivity contribution in [3.63, 3.8) is 0 Å². The lowest BCUT2D eigenvalue weighted by atomic mass is 9.90. The van der Waals surface area contributed by atoms with Gasteiger partial charge in [-0.3, -0.25) is 4.79 Å². The molecular weight excluding hydrogens is 262 g/mol. The average molecular weight is 295 g/mol. The van der Waals surface area contributed by atoms with E-state index in [1.54, 1.807) is 0 Å². The fourth-order valence-corrected chi connectivity index (χ4v) is 3.53. The molecular formula is C17H33N3O. The number of carbonyl (C=O) groups is 1. The van der Waals surface area contributed by atoms with Crippen LogP contribution in [-0.2, 0) is 4.79 Å². The molecule has 2 fully saturated rings. The zero-order valence-corrected chi connectivity index (χ0v) is 14.1. The summed E-state index contributed by atoms with van der Waals surface area (Å²) in [5.74, 6) is 1.53. The molecule has 0 bridgehead atoms. The van der Waals surface area contributed by atoms with Crippen molar-refractivity contribution in [2.24, 2.45) is 11.8 Å². The van der Waals surface area contributed by atoms with Crippen molar-refractivity contribution in [3.05, 3.63) is 0 Å². The van der Waals surface area contributed by atoms with E-state index in [0.717, 1.165) is 51.5 Å². The van der Waals surface area contributed by atoms with Gasteiger partial charge in [0.05, 0.1) is 0 Å². The Morgan fingerprint density at radius 3 is 2.29 bits per heavy atom. The molecule has 21 heavy (non-hydrogen) atoms. The molecule has 2 aliphatic heterocycles. The van der Waals surface area contributed by atoms with Crippen LogP contribution in [-0.4, -0.2) is 61.5 Å². The first-order valence-corrected chi connectivity index (χ1v) is 8.77. The summed E-state index contributed by atoms with van der Waals surface area (Å²) in [4.78, 5) is 17.0. The number of hydrogen-bond donors (Lipinski definition) is 1. The van der Waals surface area contributed by atoms with Crippen molar-refractivity contribution in [2.45, 2.75) is 52.0 Å². The van der Waals surface area contributed by atoms with Gasteiger partial charge in [-0.2, -0.15) is 0 Å². The van der Waals surface area contributed by atoms with E-state index in [2.05, 4.69) is 36.0 Å². The van der Waals surface area contributed by atoms with E-state index in [1.807, 2.05) is 0 Å². The number of nitrogens with zero attached hydrogens (tertiary/aromatic N) is 2. The zero-order valence-electron chi connectivity index (χ0n) is 14.1. The molecule has 4 heteroatoms. The topological polar surface area (TPSA) is 35.6 Å². The predicted molar refractivity (Wildman–Crippen MR) is 87.3 cm³/mol. The molecule has 4 nitrogen and oxygen atoms in total. The fraction of sp³-hybridized carbons (Fsp3) is 0.941. The van der Waals surface area contributed by atoms with Crippen LogP contribution in [0.25, 0.3) is 0 Å². The van der Waals surface area contributed by atoms with Gasteiger partial charge >= 0.3 is 0 Å². The van der Waals surface area contributed by atoms with E-state index in [-0.39, 0.29) is 0 Å². The van der Waals surface area contributed by atoms with Gasteiger partial charge in [-0.25, -0.2) is 0 Å². The summed E-state index contributed by atoms with van der Waals surface area (Å²) >= 11 is 0. The second kappa shape index (κ2) is 8.14. The lowest BCUT2D eigenvalue weighted by Gasteiger charge is -2.36. The summed E-state index contributed by atoms with van der Waals surface area (Å²) in [6, 6.07) is 0.580. The van der Waals surface area contributed by atoms with Crippen molar-refractivity contribution in [1.82, 2.24) is 15.1 Å². The molecule has 0 radical (unpaired) electrons. The third kappa shape index (κ3) is 5.26. The Hall–Kier alpha value is -0.610. The van der Waals surface area contributed by atoms with Gasteiger partial charge in [0.1, 0.15) is 0 Å². The summed E-state index contributed by atoms with van der Waals surface area (Å²) in [6.45, 7) is 9.63. The van der Waals surface area contributed by atoms with Crippen LogP contribution >= 0.6 is 0 Å². The Kier molecular flexibility index (Phi) is 6.49. The number of likely N-dealkylation sites (tertiary alicyclic amines) is 2. The van der Waals surface area contributed by atoms with Gasteiger partial charge in [0.15, 0.2) is 0 Å². The monoisotopic (exact) mass is 295 g/mol. The van der Waals surface area contributed by atoms with Gasteiger partial charge in [0, 0.05) is 25.0 Å². The molecule has 0 aromatic carbocycles. The highest BCUT2D eigenvalue weighted by atomic mass is 16.2. The first-order chi connectivity index (χ1) is 10.1. The smallest absolute Gasteiger partial charge is 0.225 e. The van der Waals surface area contributed by atoms with Crippen LogP contribution in [0.5, 0.6) is 0 Å². The number of nitrogens with one attached hydrogen (secondary N) is 1. The van der Waals surface area contributed by atoms with Gasteiger partial charge < -0.3 is 15.1 Å². The van der Waals surface area contributed by atoms with Gasteiger partial charge in [-0.05, 0) is 64.7 Å². The molecule has 0 atom stereocenters. The Morgan fingerprint density at radius 1 is 1.10 bits per heavy atom. The largest absolute Gasteiger partial charge is 0.342 e. The lowest BCUT2D eigenvalue weighted by molar-refractivity contribution is -0.138. The van der Waals surface area contributed by atoms with Gasteiger partial charge in [0.25, 0.3) is 0 Å². The van der Waals surface area contributed by atoms with Crippen LogP contribution in [0, 0.1) is 11.8 Å². The highest BCUT2D eigenvalue weighted by molar-refractivity contribution is 5.79. The van der Waals surface area contributed by atoms with E-state index in [1.165, 1.54) is 19.3 Å². The first-order valence-electron chi connectivity index (χ1n) is 8.77. The summed E-state index contributed by atoms with van der Waals surface area (Å²) in [5.41, 5.74) is 0. The SMILES string of the molecule is CC(C)NCCC1CCN(C(=O)C2CCN(C)CC2)CC1. The number of carbonyl (C=O) groups excluding carboxylic acids is 1. The Bertz CT molecular complexity index is 316. The van der Waals surface area contributed by atoms with Crippen LogP contribution in [0.15, 0.2) is 0 Å². The standard InChI is InChI=1S/C17H33N3O/c1-14(2)18-9-4-15-5-12-20(13-6-15)17(21)16-7-10-19(3)11-8-16/h14-16,18H,4-13H2,1-3H3. The lowest BCUT2D eigenvalue weighted by Crippen LogP contribution is -2.45. The maximum Gasteiger partial charge on any atom is 0.225 e. The summed E-state index contributed by atoms with van der Waals surface area (Å²) in [7, 11) is 2.15. The van der Waals surface area contributed by atoms with Crippen LogP contribution in [0.4, 0.5) is 0 Å². The van der Waals surface area contributed by atoms with Crippen LogP contribution in [0.3, 0.4) is 0 Å². The number of piperidine rings is 2.